The first-order valence-electron chi connectivity index (χ1n) is 13.5. The second-order valence-corrected chi connectivity index (χ2v) is 10.4. The summed E-state index contributed by atoms with van der Waals surface area (Å²) in [6.45, 7) is 9.81. The van der Waals surface area contributed by atoms with Crippen LogP contribution < -0.4 is 5.32 Å². The molecule has 0 aliphatic heterocycles. The van der Waals surface area contributed by atoms with E-state index in [0.717, 1.165) is 49.7 Å². The maximum absolute atomic E-state index is 13.0. The van der Waals surface area contributed by atoms with E-state index in [9.17, 15) is 14.4 Å². The van der Waals surface area contributed by atoms with Crippen molar-refractivity contribution in [1.82, 2.24) is 5.32 Å². The largest absolute Gasteiger partial charge is 0.469 e. The number of carbonyl (C=O) groups excluding carboxylic acids is 3. The zero-order valence-electron chi connectivity index (χ0n) is 23.7. The number of hydrogen-bond donors (Lipinski definition) is 1. The number of esters is 2. The predicted octanol–water partition coefficient (Wildman–Crippen LogP) is 6.66. The lowest BCUT2D eigenvalue weighted by atomic mass is 9.85. The van der Waals surface area contributed by atoms with Crippen LogP contribution in [0.5, 0.6) is 0 Å². The fraction of sp³-hybridized carbons (Fsp3) is 0.581. The predicted molar refractivity (Wildman–Crippen MR) is 149 cm³/mol. The zero-order chi connectivity index (χ0) is 27.7. The van der Waals surface area contributed by atoms with Crippen molar-refractivity contribution in [2.24, 2.45) is 5.41 Å². The van der Waals surface area contributed by atoms with Gasteiger partial charge < -0.3 is 14.8 Å². The van der Waals surface area contributed by atoms with Crippen LogP contribution in [0, 0.1) is 5.41 Å². The molecule has 2 atom stereocenters. The topological polar surface area (TPSA) is 81.7 Å². The number of unbranched alkanes of at least 4 members (excludes halogenated alkanes) is 5. The third-order valence-corrected chi connectivity index (χ3v) is 6.28. The van der Waals surface area contributed by atoms with Crippen molar-refractivity contribution in [2.45, 2.75) is 97.9 Å². The zero-order valence-corrected chi connectivity index (χ0v) is 23.7. The number of hydrogen-bond acceptors (Lipinski definition) is 5. The standard InChI is InChI=1S/C31H47NO5/c1-7-37-28(34)23-26(21-15-12-10-8-9-11-13-18-22-27(33)36-6)29(32-30(35)31(3,4)5)24(2)25-19-16-14-17-20-25/h12,14-17,19-20,23-24,29H,7-11,13,18,21-22H2,1-6H3,(H,32,35)/b15-12-,26-23+/t24?,29-/m0/s1. The highest BCUT2D eigenvalue weighted by Gasteiger charge is 2.29. The Hall–Kier alpha value is -2.89. The molecular formula is C31H47NO5. The molecule has 0 aliphatic carbocycles. The highest BCUT2D eigenvalue weighted by Crippen LogP contribution is 2.28. The maximum atomic E-state index is 13.0. The Morgan fingerprint density at radius 1 is 0.973 bits per heavy atom. The quantitative estimate of drug-likeness (QED) is 0.116. The third-order valence-electron chi connectivity index (χ3n) is 6.28. The van der Waals surface area contributed by atoms with Gasteiger partial charge in [0.25, 0.3) is 0 Å². The van der Waals surface area contributed by atoms with E-state index in [0.29, 0.717) is 19.4 Å². The molecule has 0 fully saturated rings. The summed E-state index contributed by atoms with van der Waals surface area (Å²) in [4.78, 5) is 36.6. The SMILES string of the molecule is CCOC(=O)/C=C(\C/C=C\CCCCCCCC(=O)OC)[C@@H](NC(=O)C(C)(C)C)C(C)c1ccccc1. The van der Waals surface area contributed by atoms with Crippen LogP contribution >= 0.6 is 0 Å². The smallest absolute Gasteiger partial charge is 0.330 e. The summed E-state index contributed by atoms with van der Waals surface area (Å²) in [5, 5.41) is 3.21. The second-order valence-electron chi connectivity index (χ2n) is 10.4. The van der Waals surface area contributed by atoms with E-state index >= 15 is 0 Å². The van der Waals surface area contributed by atoms with Crippen LogP contribution in [0.25, 0.3) is 0 Å². The molecule has 0 aromatic heterocycles. The highest BCUT2D eigenvalue weighted by atomic mass is 16.5. The molecule has 0 radical (unpaired) electrons. The molecule has 1 rings (SSSR count). The average Bonchev–Trinajstić information content (AvgIpc) is 2.87. The minimum absolute atomic E-state index is 0.0356. The normalized spacial score (nSPS) is 13.7. The molecule has 1 N–H and O–H groups in total. The number of nitrogens with one attached hydrogen (secondary N) is 1. The summed E-state index contributed by atoms with van der Waals surface area (Å²) in [6, 6.07) is 9.68. The molecule has 37 heavy (non-hydrogen) atoms. The van der Waals surface area contributed by atoms with Crippen molar-refractivity contribution >= 4 is 17.8 Å². The molecule has 0 aliphatic rings. The molecule has 1 aromatic carbocycles. The molecule has 1 aromatic rings. The van der Waals surface area contributed by atoms with E-state index in [1.807, 2.05) is 51.1 Å². The number of carbonyl (C=O) groups is 3. The average molecular weight is 514 g/mol. The maximum Gasteiger partial charge on any atom is 0.330 e. The molecule has 1 unspecified atom stereocenters. The molecule has 6 nitrogen and oxygen atoms in total. The van der Waals surface area contributed by atoms with Crippen LogP contribution in [0.3, 0.4) is 0 Å². The summed E-state index contributed by atoms with van der Waals surface area (Å²) in [5.74, 6) is -0.640. The van der Waals surface area contributed by atoms with Crippen molar-refractivity contribution in [2.75, 3.05) is 13.7 Å². The van der Waals surface area contributed by atoms with Crippen molar-refractivity contribution in [3.63, 3.8) is 0 Å². The lowest BCUT2D eigenvalue weighted by Gasteiger charge is -2.31. The Labute approximate surface area is 223 Å². The second kappa shape index (κ2) is 17.5. The lowest BCUT2D eigenvalue weighted by molar-refractivity contribution is -0.141. The monoisotopic (exact) mass is 513 g/mol. The van der Waals surface area contributed by atoms with Gasteiger partial charge in [-0.3, -0.25) is 9.59 Å². The number of rotatable bonds is 16. The van der Waals surface area contributed by atoms with E-state index in [-0.39, 0.29) is 23.8 Å². The van der Waals surface area contributed by atoms with E-state index in [2.05, 4.69) is 29.1 Å². The molecule has 0 heterocycles. The van der Waals surface area contributed by atoms with Gasteiger partial charge in [0.15, 0.2) is 0 Å². The number of benzene rings is 1. The minimum Gasteiger partial charge on any atom is -0.469 e. The Bertz CT molecular complexity index is 883. The van der Waals surface area contributed by atoms with Gasteiger partial charge in [0.2, 0.25) is 5.91 Å². The number of amides is 1. The van der Waals surface area contributed by atoms with Crippen LogP contribution in [-0.4, -0.2) is 37.6 Å². The van der Waals surface area contributed by atoms with Crippen molar-refractivity contribution < 1.29 is 23.9 Å². The first kappa shape index (κ1) is 32.1. The number of allylic oxidation sites excluding steroid dienone is 2. The van der Waals surface area contributed by atoms with Gasteiger partial charge in [-0.25, -0.2) is 4.79 Å². The molecule has 0 bridgehead atoms. The van der Waals surface area contributed by atoms with Crippen LogP contribution in [0.2, 0.25) is 0 Å². The molecule has 1 amide bonds. The van der Waals surface area contributed by atoms with Crippen LogP contribution in [-0.2, 0) is 23.9 Å². The summed E-state index contributed by atoms with van der Waals surface area (Å²) in [5.41, 5.74) is 1.36. The molecule has 206 valence electrons. The van der Waals surface area contributed by atoms with Crippen LogP contribution in [0.15, 0.2) is 54.1 Å². The number of methoxy groups -OCH3 is 1. The van der Waals surface area contributed by atoms with E-state index < -0.39 is 11.4 Å². The molecule has 0 saturated carbocycles. The highest BCUT2D eigenvalue weighted by molar-refractivity contribution is 5.85. The first-order valence-corrected chi connectivity index (χ1v) is 13.5. The molecule has 0 saturated heterocycles. The van der Waals surface area contributed by atoms with E-state index in [1.54, 1.807) is 13.0 Å². The molecular weight excluding hydrogens is 466 g/mol. The van der Waals surface area contributed by atoms with Gasteiger partial charge in [0, 0.05) is 23.8 Å². The van der Waals surface area contributed by atoms with Crippen LogP contribution in [0.4, 0.5) is 0 Å². The summed E-state index contributed by atoms with van der Waals surface area (Å²) in [6.07, 6.45) is 12.9. The fourth-order valence-corrected chi connectivity index (χ4v) is 3.96. The van der Waals surface area contributed by atoms with Gasteiger partial charge in [-0.05, 0) is 43.7 Å². The third kappa shape index (κ3) is 13.3. The first-order chi connectivity index (χ1) is 17.6. The van der Waals surface area contributed by atoms with Crippen LogP contribution in [0.1, 0.15) is 97.5 Å². The fourth-order valence-electron chi connectivity index (χ4n) is 3.96. The lowest BCUT2D eigenvalue weighted by Crippen LogP contribution is -2.45. The Kier molecular flexibility index (Phi) is 15.2. The van der Waals surface area contributed by atoms with Crippen molar-refractivity contribution in [3.05, 3.63) is 59.7 Å². The number of ether oxygens (including phenoxy) is 2. The Morgan fingerprint density at radius 3 is 2.24 bits per heavy atom. The van der Waals surface area contributed by atoms with Gasteiger partial charge in [-0.15, -0.1) is 0 Å². The molecule has 0 spiro atoms. The van der Waals surface area contributed by atoms with Gasteiger partial charge >= 0.3 is 11.9 Å². The summed E-state index contributed by atoms with van der Waals surface area (Å²) < 4.78 is 9.88. The van der Waals surface area contributed by atoms with Gasteiger partial charge in [0.1, 0.15) is 0 Å². The Balaban J connectivity index is 2.90. The summed E-state index contributed by atoms with van der Waals surface area (Å²) >= 11 is 0. The van der Waals surface area contributed by atoms with Crippen molar-refractivity contribution in [1.29, 1.82) is 0 Å². The Morgan fingerprint density at radius 2 is 1.62 bits per heavy atom. The molecule has 6 heteroatoms. The van der Waals surface area contributed by atoms with Gasteiger partial charge in [0.05, 0.1) is 19.8 Å². The van der Waals surface area contributed by atoms with E-state index in [4.69, 9.17) is 4.74 Å². The van der Waals surface area contributed by atoms with E-state index in [1.165, 1.54) is 7.11 Å². The van der Waals surface area contributed by atoms with Gasteiger partial charge in [-0.1, -0.05) is 89.4 Å². The summed E-state index contributed by atoms with van der Waals surface area (Å²) in [7, 11) is 1.42. The van der Waals surface area contributed by atoms with Gasteiger partial charge in [-0.2, -0.15) is 0 Å². The van der Waals surface area contributed by atoms with Crippen molar-refractivity contribution in [3.8, 4) is 0 Å². The minimum atomic E-state index is -0.559.